The SMILES string of the molecule is Cc1ccc2nc(-c3ccccc3Cl)cc(C(=O)N3CCN(CC=Cc4ccccc4)CC3)c2c1. The van der Waals surface area contributed by atoms with E-state index in [0.717, 1.165) is 47.4 Å². The van der Waals surface area contributed by atoms with Gasteiger partial charge in [-0.3, -0.25) is 9.69 Å². The number of carbonyl (C=O) groups is 1. The highest BCUT2D eigenvalue weighted by atomic mass is 35.5. The predicted molar refractivity (Wildman–Crippen MR) is 145 cm³/mol. The Kier molecular flexibility index (Phi) is 6.94. The molecule has 3 aromatic carbocycles. The molecular weight excluding hydrogens is 454 g/mol. The summed E-state index contributed by atoms with van der Waals surface area (Å²) in [5.74, 6) is 0.0516. The van der Waals surface area contributed by atoms with Crippen molar-refractivity contribution < 1.29 is 4.79 Å². The van der Waals surface area contributed by atoms with Crippen molar-refractivity contribution in [2.24, 2.45) is 0 Å². The van der Waals surface area contributed by atoms with E-state index in [0.29, 0.717) is 23.7 Å². The van der Waals surface area contributed by atoms with E-state index in [1.54, 1.807) is 0 Å². The second kappa shape index (κ2) is 10.4. The molecule has 0 radical (unpaired) electrons. The monoisotopic (exact) mass is 481 g/mol. The van der Waals surface area contributed by atoms with Crippen LogP contribution in [0.5, 0.6) is 0 Å². The molecule has 4 nitrogen and oxygen atoms in total. The molecule has 1 fully saturated rings. The van der Waals surface area contributed by atoms with Crippen molar-refractivity contribution in [1.82, 2.24) is 14.8 Å². The summed E-state index contributed by atoms with van der Waals surface area (Å²) in [6.07, 6.45) is 4.35. The molecule has 0 saturated carbocycles. The fourth-order valence-electron chi connectivity index (χ4n) is 4.53. The maximum atomic E-state index is 13.7. The molecule has 0 atom stereocenters. The molecule has 1 saturated heterocycles. The van der Waals surface area contributed by atoms with E-state index in [1.165, 1.54) is 5.56 Å². The first-order chi connectivity index (χ1) is 17.1. The van der Waals surface area contributed by atoms with E-state index in [1.807, 2.05) is 72.5 Å². The fraction of sp³-hybridized carbons (Fsp3) is 0.200. The van der Waals surface area contributed by atoms with Crippen LogP contribution in [0.15, 0.2) is 84.9 Å². The lowest BCUT2D eigenvalue weighted by Crippen LogP contribution is -2.48. The molecule has 4 aromatic rings. The molecule has 5 rings (SSSR count). The Bertz CT molecular complexity index is 1380. The van der Waals surface area contributed by atoms with Crippen LogP contribution in [0, 0.1) is 6.92 Å². The maximum Gasteiger partial charge on any atom is 0.254 e. The summed E-state index contributed by atoms with van der Waals surface area (Å²) in [4.78, 5) is 22.9. The summed E-state index contributed by atoms with van der Waals surface area (Å²) < 4.78 is 0. The van der Waals surface area contributed by atoms with Crippen molar-refractivity contribution in [2.45, 2.75) is 6.92 Å². The second-order valence-corrected chi connectivity index (χ2v) is 9.37. The van der Waals surface area contributed by atoms with Crippen molar-refractivity contribution in [2.75, 3.05) is 32.7 Å². The third-order valence-corrected chi connectivity index (χ3v) is 6.81. The van der Waals surface area contributed by atoms with E-state index < -0.39 is 0 Å². The molecule has 1 aliphatic rings. The average Bonchev–Trinajstić information content (AvgIpc) is 2.89. The van der Waals surface area contributed by atoms with Crippen molar-refractivity contribution >= 4 is 34.5 Å². The van der Waals surface area contributed by atoms with Gasteiger partial charge in [-0.15, -0.1) is 0 Å². The molecule has 0 N–H and O–H groups in total. The highest BCUT2D eigenvalue weighted by Crippen LogP contribution is 2.31. The summed E-state index contributed by atoms with van der Waals surface area (Å²) in [6, 6.07) is 25.9. The van der Waals surface area contributed by atoms with E-state index in [4.69, 9.17) is 16.6 Å². The first kappa shape index (κ1) is 23.3. The van der Waals surface area contributed by atoms with Crippen molar-refractivity contribution in [1.29, 1.82) is 0 Å². The van der Waals surface area contributed by atoms with Gasteiger partial charge in [-0.05, 0) is 36.8 Å². The number of nitrogens with zero attached hydrogens (tertiary/aromatic N) is 3. The van der Waals surface area contributed by atoms with Gasteiger partial charge in [0, 0.05) is 48.7 Å². The Balaban J connectivity index is 1.35. The zero-order valence-electron chi connectivity index (χ0n) is 19.8. The van der Waals surface area contributed by atoms with Gasteiger partial charge < -0.3 is 4.90 Å². The number of hydrogen-bond acceptors (Lipinski definition) is 3. The number of aryl methyl sites for hydroxylation is 1. The fourth-order valence-corrected chi connectivity index (χ4v) is 4.76. The van der Waals surface area contributed by atoms with Gasteiger partial charge in [0.15, 0.2) is 0 Å². The van der Waals surface area contributed by atoms with Crippen LogP contribution in [-0.4, -0.2) is 53.4 Å². The van der Waals surface area contributed by atoms with Gasteiger partial charge in [-0.25, -0.2) is 4.98 Å². The third-order valence-electron chi connectivity index (χ3n) is 6.48. The summed E-state index contributed by atoms with van der Waals surface area (Å²) in [6.45, 7) is 6.03. The topological polar surface area (TPSA) is 36.4 Å². The summed E-state index contributed by atoms with van der Waals surface area (Å²) >= 11 is 6.47. The van der Waals surface area contributed by atoms with E-state index in [9.17, 15) is 4.79 Å². The number of amides is 1. The number of aromatic nitrogens is 1. The zero-order valence-corrected chi connectivity index (χ0v) is 20.6. The second-order valence-electron chi connectivity index (χ2n) is 8.96. The molecule has 0 spiro atoms. The minimum atomic E-state index is 0.0516. The van der Waals surface area contributed by atoms with Crippen LogP contribution in [-0.2, 0) is 0 Å². The van der Waals surface area contributed by atoms with E-state index >= 15 is 0 Å². The minimum absolute atomic E-state index is 0.0516. The van der Waals surface area contributed by atoms with Crippen LogP contribution in [0.2, 0.25) is 5.02 Å². The number of halogens is 1. The normalized spacial score (nSPS) is 14.6. The molecule has 0 unspecified atom stereocenters. The zero-order chi connectivity index (χ0) is 24.2. The number of rotatable bonds is 5. The Morgan fingerprint density at radius 3 is 2.46 bits per heavy atom. The Hall–Kier alpha value is -3.47. The largest absolute Gasteiger partial charge is 0.336 e. The lowest BCUT2D eigenvalue weighted by atomic mass is 10.0. The van der Waals surface area contributed by atoms with Gasteiger partial charge in [-0.1, -0.05) is 83.9 Å². The molecule has 0 bridgehead atoms. The summed E-state index contributed by atoms with van der Waals surface area (Å²) in [5.41, 5.74) is 5.36. The molecule has 2 heterocycles. The van der Waals surface area contributed by atoms with Crippen molar-refractivity contribution in [3.63, 3.8) is 0 Å². The molecule has 1 aliphatic heterocycles. The Morgan fingerprint density at radius 1 is 0.943 bits per heavy atom. The highest BCUT2D eigenvalue weighted by Gasteiger charge is 2.24. The van der Waals surface area contributed by atoms with Crippen LogP contribution < -0.4 is 0 Å². The van der Waals surface area contributed by atoms with Crippen LogP contribution >= 0.6 is 11.6 Å². The van der Waals surface area contributed by atoms with Gasteiger partial charge in [0.2, 0.25) is 0 Å². The molecule has 0 aliphatic carbocycles. The van der Waals surface area contributed by atoms with Crippen LogP contribution in [0.1, 0.15) is 21.5 Å². The lowest BCUT2D eigenvalue weighted by molar-refractivity contribution is 0.0652. The van der Waals surface area contributed by atoms with Gasteiger partial charge in [-0.2, -0.15) is 0 Å². The quantitative estimate of drug-likeness (QED) is 0.334. The molecule has 176 valence electrons. The number of fused-ring (bicyclic) bond motifs is 1. The number of hydrogen-bond donors (Lipinski definition) is 0. The maximum absolute atomic E-state index is 13.7. The van der Waals surface area contributed by atoms with E-state index in [-0.39, 0.29) is 5.91 Å². The highest BCUT2D eigenvalue weighted by molar-refractivity contribution is 6.33. The molecule has 5 heteroatoms. The first-order valence-corrected chi connectivity index (χ1v) is 12.4. The predicted octanol–water partition coefficient (Wildman–Crippen LogP) is 6.33. The Labute approximate surface area is 211 Å². The van der Waals surface area contributed by atoms with Gasteiger partial charge >= 0.3 is 0 Å². The van der Waals surface area contributed by atoms with Crippen LogP contribution in [0.25, 0.3) is 28.2 Å². The van der Waals surface area contributed by atoms with Gasteiger partial charge in [0.25, 0.3) is 5.91 Å². The number of benzene rings is 3. The summed E-state index contributed by atoms with van der Waals surface area (Å²) in [5, 5.41) is 1.51. The van der Waals surface area contributed by atoms with Gasteiger partial charge in [0.05, 0.1) is 16.8 Å². The molecule has 1 aromatic heterocycles. The number of pyridine rings is 1. The molecule has 35 heavy (non-hydrogen) atoms. The van der Waals surface area contributed by atoms with Crippen LogP contribution in [0.3, 0.4) is 0 Å². The van der Waals surface area contributed by atoms with Crippen LogP contribution in [0.4, 0.5) is 0 Å². The number of carbonyl (C=O) groups excluding carboxylic acids is 1. The molecule has 1 amide bonds. The average molecular weight is 482 g/mol. The Morgan fingerprint density at radius 2 is 1.69 bits per heavy atom. The minimum Gasteiger partial charge on any atom is -0.336 e. The smallest absolute Gasteiger partial charge is 0.254 e. The number of piperazine rings is 1. The summed E-state index contributed by atoms with van der Waals surface area (Å²) in [7, 11) is 0. The third kappa shape index (κ3) is 5.29. The first-order valence-electron chi connectivity index (χ1n) is 12.0. The standard InChI is InChI=1S/C30H28ClN3O/c1-22-13-14-28-25(20-22)26(21-29(32-28)24-11-5-6-12-27(24)31)30(35)34-18-16-33(17-19-34)15-7-10-23-8-3-2-4-9-23/h2-14,20-21H,15-19H2,1H3. The van der Waals surface area contributed by atoms with E-state index in [2.05, 4.69) is 35.3 Å². The lowest BCUT2D eigenvalue weighted by Gasteiger charge is -2.34. The van der Waals surface area contributed by atoms with Gasteiger partial charge in [0.1, 0.15) is 0 Å². The van der Waals surface area contributed by atoms with Crippen molar-refractivity contribution in [3.05, 3.63) is 107 Å². The van der Waals surface area contributed by atoms with Crippen molar-refractivity contribution in [3.8, 4) is 11.3 Å². The molecular formula is C30H28ClN3O.